The van der Waals surface area contributed by atoms with E-state index in [2.05, 4.69) is 20.3 Å². The molecule has 34 heavy (non-hydrogen) atoms. The number of benzene rings is 1. The Balaban J connectivity index is 2.00. The fourth-order valence-corrected chi connectivity index (χ4v) is 3.83. The van der Waals surface area contributed by atoms with Crippen molar-refractivity contribution in [2.75, 3.05) is 12.4 Å². The first-order chi connectivity index (χ1) is 15.8. The topological polar surface area (TPSA) is 89.4 Å². The molecular formula is C24H34F3N3O4. The second kappa shape index (κ2) is 11.7. The number of methoxy groups -OCH3 is 1. The zero-order chi connectivity index (χ0) is 25.5. The summed E-state index contributed by atoms with van der Waals surface area (Å²) < 4.78 is 50.3. The molecule has 0 aromatic heterocycles. The monoisotopic (exact) mass is 485 g/mol. The van der Waals surface area contributed by atoms with Gasteiger partial charge in [-0.3, -0.25) is 4.79 Å². The fourth-order valence-electron chi connectivity index (χ4n) is 3.83. The largest absolute Gasteiger partial charge is 0.465 e. The van der Waals surface area contributed by atoms with Crippen LogP contribution in [0.4, 0.5) is 18.9 Å². The number of halogens is 3. The molecule has 2 rings (SSSR count). The van der Waals surface area contributed by atoms with Crippen molar-refractivity contribution in [3.05, 3.63) is 29.3 Å². The number of anilines is 1. The minimum Gasteiger partial charge on any atom is -0.465 e. The van der Waals surface area contributed by atoms with Gasteiger partial charge in [0.15, 0.2) is 0 Å². The Labute approximate surface area is 198 Å². The smallest absolute Gasteiger partial charge is 0.418 e. The molecule has 1 aromatic rings. The van der Waals surface area contributed by atoms with Crippen molar-refractivity contribution >= 4 is 17.6 Å². The van der Waals surface area contributed by atoms with Gasteiger partial charge in [-0.1, -0.05) is 12.8 Å². The average molecular weight is 486 g/mol. The number of esters is 2. The minimum atomic E-state index is -4.60. The molecule has 1 N–H and O–H groups in total. The Hall–Kier alpha value is -2.65. The van der Waals surface area contributed by atoms with Gasteiger partial charge in [0.1, 0.15) is 11.8 Å². The third-order valence-electron chi connectivity index (χ3n) is 5.43. The number of carbonyl (C=O) groups excluding carboxylic acids is 2. The van der Waals surface area contributed by atoms with Gasteiger partial charge >= 0.3 is 18.1 Å². The Morgan fingerprint density at radius 2 is 1.71 bits per heavy atom. The van der Waals surface area contributed by atoms with Crippen LogP contribution in [0.1, 0.15) is 82.1 Å². The third kappa shape index (κ3) is 8.61. The maximum absolute atomic E-state index is 13.4. The summed E-state index contributed by atoms with van der Waals surface area (Å²) in [6.45, 7) is 7.14. The lowest BCUT2D eigenvalue weighted by atomic mass is 9.89. The number of nitrogens with one attached hydrogen (secondary N) is 1. The molecule has 10 heteroatoms. The molecule has 7 nitrogen and oxygen atoms in total. The van der Waals surface area contributed by atoms with Gasteiger partial charge < -0.3 is 14.8 Å². The second-order valence-electron chi connectivity index (χ2n) is 9.55. The molecule has 0 saturated heterocycles. The summed E-state index contributed by atoms with van der Waals surface area (Å²) in [5.74, 6) is -1.02. The van der Waals surface area contributed by atoms with Crippen LogP contribution in [0.15, 0.2) is 28.4 Å². The van der Waals surface area contributed by atoms with E-state index in [-0.39, 0.29) is 29.2 Å². The number of alkyl halides is 3. The fraction of sp³-hybridized carbons (Fsp3) is 0.667. The summed E-state index contributed by atoms with van der Waals surface area (Å²) in [5, 5.41) is 11.2. The van der Waals surface area contributed by atoms with E-state index in [0.29, 0.717) is 12.8 Å². The van der Waals surface area contributed by atoms with E-state index in [1.54, 1.807) is 6.92 Å². The lowest BCUT2D eigenvalue weighted by Gasteiger charge is -2.26. The van der Waals surface area contributed by atoms with Gasteiger partial charge in [0, 0.05) is 5.69 Å². The summed E-state index contributed by atoms with van der Waals surface area (Å²) in [6, 6.07) is 2.96. The molecule has 0 amide bonds. The van der Waals surface area contributed by atoms with Crippen LogP contribution in [-0.4, -0.2) is 36.9 Å². The van der Waals surface area contributed by atoms with E-state index < -0.39 is 29.5 Å². The molecule has 0 spiro atoms. The van der Waals surface area contributed by atoms with Gasteiger partial charge in [-0.15, -0.1) is 0 Å². The zero-order valence-electron chi connectivity index (χ0n) is 20.4. The maximum atomic E-state index is 13.4. The first kappa shape index (κ1) is 27.6. The third-order valence-corrected chi connectivity index (χ3v) is 5.43. The van der Waals surface area contributed by atoms with Crippen molar-refractivity contribution in [1.82, 2.24) is 0 Å². The Morgan fingerprint density at radius 1 is 1.09 bits per heavy atom. The molecule has 1 aromatic carbocycles. The van der Waals surface area contributed by atoms with Crippen LogP contribution in [0.3, 0.4) is 0 Å². The number of hydrogen-bond acceptors (Lipinski definition) is 7. The first-order valence-electron chi connectivity index (χ1n) is 11.5. The molecule has 1 aliphatic carbocycles. The van der Waals surface area contributed by atoms with Crippen LogP contribution in [0.25, 0.3) is 0 Å². The highest BCUT2D eigenvalue weighted by atomic mass is 19.4. The van der Waals surface area contributed by atoms with E-state index in [4.69, 9.17) is 4.74 Å². The number of azo groups is 1. The molecule has 0 aliphatic heterocycles. The second-order valence-corrected chi connectivity index (χ2v) is 9.55. The van der Waals surface area contributed by atoms with E-state index in [1.807, 2.05) is 20.8 Å². The van der Waals surface area contributed by atoms with Crippen LogP contribution in [0.2, 0.25) is 0 Å². The molecule has 1 aliphatic rings. The van der Waals surface area contributed by atoms with Crippen molar-refractivity contribution < 1.29 is 32.2 Å². The number of hydrogen-bond donors (Lipinski definition) is 1. The quantitative estimate of drug-likeness (QED) is 0.373. The van der Waals surface area contributed by atoms with Gasteiger partial charge in [-0.25, -0.2) is 4.79 Å². The Bertz CT molecular complexity index is 871. The Kier molecular flexibility index (Phi) is 9.46. The van der Waals surface area contributed by atoms with Crippen molar-refractivity contribution in [3.63, 3.8) is 0 Å². The SMILES string of the molecule is COC(=O)c1ccc(C(F)(F)F)c(N[C@H](C)N=NC2CCCC(C(=O)OC(C)(C)C)CCC2)c1. The number of ether oxygens (including phenoxy) is 2. The van der Waals surface area contributed by atoms with Crippen molar-refractivity contribution in [1.29, 1.82) is 0 Å². The van der Waals surface area contributed by atoms with Gasteiger partial charge in [0.2, 0.25) is 0 Å². The molecule has 1 atom stereocenters. The molecule has 1 saturated carbocycles. The Morgan fingerprint density at radius 3 is 2.24 bits per heavy atom. The normalized spacial score (nSPS) is 20.8. The van der Waals surface area contributed by atoms with Gasteiger partial charge in [-0.05, 0) is 71.6 Å². The highest BCUT2D eigenvalue weighted by molar-refractivity contribution is 5.90. The number of nitrogens with zero attached hydrogens (tertiary/aromatic N) is 2. The van der Waals surface area contributed by atoms with Crippen LogP contribution >= 0.6 is 0 Å². The van der Waals surface area contributed by atoms with Gasteiger partial charge in [-0.2, -0.15) is 23.4 Å². The van der Waals surface area contributed by atoms with Crippen molar-refractivity contribution in [3.8, 4) is 0 Å². The van der Waals surface area contributed by atoms with Gasteiger partial charge in [0.25, 0.3) is 0 Å². The van der Waals surface area contributed by atoms with E-state index >= 15 is 0 Å². The summed E-state index contributed by atoms with van der Waals surface area (Å²) in [7, 11) is 1.16. The highest BCUT2D eigenvalue weighted by Crippen LogP contribution is 2.36. The lowest BCUT2D eigenvalue weighted by molar-refractivity contribution is -0.160. The molecule has 0 unspecified atom stereocenters. The first-order valence-corrected chi connectivity index (χ1v) is 11.5. The zero-order valence-corrected chi connectivity index (χ0v) is 20.4. The molecule has 190 valence electrons. The average Bonchev–Trinajstić information content (AvgIpc) is 2.70. The molecular weight excluding hydrogens is 451 g/mol. The summed E-state index contributed by atoms with van der Waals surface area (Å²) >= 11 is 0. The van der Waals surface area contributed by atoms with Crippen molar-refractivity contribution in [2.45, 2.75) is 90.2 Å². The predicted octanol–water partition coefficient (Wildman–Crippen LogP) is 6.38. The van der Waals surface area contributed by atoms with Crippen LogP contribution in [0.5, 0.6) is 0 Å². The summed E-state index contributed by atoms with van der Waals surface area (Å²) in [5.41, 5.74) is -1.68. The summed E-state index contributed by atoms with van der Waals surface area (Å²) in [4.78, 5) is 24.1. The van der Waals surface area contributed by atoms with Gasteiger partial charge in [0.05, 0.1) is 30.2 Å². The van der Waals surface area contributed by atoms with E-state index in [9.17, 15) is 22.8 Å². The molecule has 0 heterocycles. The molecule has 1 fully saturated rings. The minimum absolute atomic E-state index is 0.00157. The standard InChI is InChI=1S/C24H34F3N3O4/c1-15(28-20-14-17(21(31)33-5)12-13-19(20)24(25,26)27)29-30-18-10-6-8-16(9-7-11-18)22(32)34-23(2,3)4/h12-16,18,28H,6-11H2,1-5H3/t15-,16?,18?/m0/s1. The molecule has 0 radical (unpaired) electrons. The van der Waals surface area contributed by atoms with E-state index in [0.717, 1.165) is 51.0 Å². The van der Waals surface area contributed by atoms with Crippen LogP contribution in [0, 0.1) is 5.92 Å². The lowest BCUT2D eigenvalue weighted by Crippen LogP contribution is -2.29. The van der Waals surface area contributed by atoms with Crippen LogP contribution < -0.4 is 5.32 Å². The summed E-state index contributed by atoms with van der Waals surface area (Å²) in [6.07, 6.45) is -0.869. The molecule has 0 bridgehead atoms. The van der Waals surface area contributed by atoms with Crippen LogP contribution in [-0.2, 0) is 20.4 Å². The van der Waals surface area contributed by atoms with Crippen molar-refractivity contribution in [2.24, 2.45) is 16.1 Å². The maximum Gasteiger partial charge on any atom is 0.418 e. The number of rotatable bonds is 6. The van der Waals surface area contributed by atoms with E-state index in [1.165, 1.54) is 0 Å². The predicted molar refractivity (Wildman–Crippen MR) is 122 cm³/mol. The highest BCUT2D eigenvalue weighted by Gasteiger charge is 2.34. The number of carbonyl (C=O) groups is 2.